The number of halogens is 3. The van der Waals surface area contributed by atoms with E-state index < -0.39 is 12.0 Å². The van der Waals surface area contributed by atoms with Gasteiger partial charge in [0.05, 0.1) is 13.0 Å². The van der Waals surface area contributed by atoms with Crippen molar-refractivity contribution in [3.05, 3.63) is 77.2 Å². The van der Waals surface area contributed by atoms with Crippen LogP contribution in [0.25, 0.3) is 22.8 Å². The van der Waals surface area contributed by atoms with Crippen LogP contribution < -0.4 is 4.90 Å². The third-order valence-corrected chi connectivity index (χ3v) is 6.13. The first kappa shape index (κ1) is 23.7. The number of carbonyl (C=O) groups excluding carboxylic acids is 1. The first-order valence-corrected chi connectivity index (χ1v) is 11.4. The summed E-state index contributed by atoms with van der Waals surface area (Å²) in [5.41, 5.74) is 4.12. The second-order valence-electron chi connectivity index (χ2n) is 9.02. The van der Waals surface area contributed by atoms with Gasteiger partial charge in [-0.15, -0.1) is 5.10 Å². The molecular weight excluding hydrogens is 469 g/mol. The fourth-order valence-corrected chi connectivity index (χ4v) is 4.33. The minimum Gasteiger partial charge on any atom is -0.292 e. The van der Waals surface area contributed by atoms with Gasteiger partial charge in [-0.2, -0.15) is 13.2 Å². The van der Waals surface area contributed by atoms with Crippen LogP contribution in [0.3, 0.4) is 0 Å². The highest BCUT2D eigenvalue weighted by molar-refractivity contribution is 6.00. The zero-order chi connectivity index (χ0) is 25.6. The Bertz CT molecular complexity index is 1440. The van der Waals surface area contributed by atoms with E-state index in [9.17, 15) is 18.0 Å². The number of alkyl halides is 3. The Morgan fingerprint density at radius 3 is 2.42 bits per heavy atom. The number of anilines is 1. The van der Waals surface area contributed by atoms with Crippen molar-refractivity contribution < 1.29 is 18.0 Å². The molecule has 1 aliphatic heterocycles. The third kappa shape index (κ3) is 4.34. The van der Waals surface area contributed by atoms with Gasteiger partial charge in [-0.05, 0) is 17.0 Å². The van der Waals surface area contributed by atoms with E-state index in [1.807, 2.05) is 18.2 Å². The van der Waals surface area contributed by atoms with Gasteiger partial charge in [-0.1, -0.05) is 62.4 Å². The zero-order valence-electron chi connectivity index (χ0n) is 19.9. The smallest absolute Gasteiger partial charge is 0.292 e. The minimum absolute atomic E-state index is 0.0826. The topological polar surface area (TPSA) is 76.8 Å². The van der Waals surface area contributed by atoms with Crippen molar-refractivity contribution in [2.75, 3.05) is 4.90 Å². The first-order valence-electron chi connectivity index (χ1n) is 11.4. The molecule has 0 radical (unpaired) electrons. The van der Waals surface area contributed by atoms with Crippen LogP contribution in [0.1, 0.15) is 42.3 Å². The van der Waals surface area contributed by atoms with Crippen LogP contribution in [-0.2, 0) is 31.0 Å². The number of aromatic nitrogens is 5. The van der Waals surface area contributed by atoms with E-state index in [2.05, 4.69) is 35.0 Å². The molecule has 7 nitrogen and oxygen atoms in total. The number of nitrogens with zero attached hydrogens (tertiary/aromatic N) is 6. The lowest BCUT2D eigenvalue weighted by atomic mass is 9.97. The zero-order valence-corrected chi connectivity index (χ0v) is 19.9. The molecule has 3 heterocycles. The van der Waals surface area contributed by atoms with Gasteiger partial charge >= 0.3 is 6.18 Å². The second kappa shape index (κ2) is 8.85. The summed E-state index contributed by atoms with van der Waals surface area (Å²) in [5, 5.41) is 3.46. The molecule has 0 saturated heterocycles. The fourth-order valence-electron chi connectivity index (χ4n) is 4.33. The number of hydrogen-bond donors (Lipinski definition) is 0. The molecule has 36 heavy (non-hydrogen) atoms. The van der Waals surface area contributed by atoms with Crippen molar-refractivity contribution in [2.24, 2.45) is 7.05 Å². The van der Waals surface area contributed by atoms with Crippen molar-refractivity contribution in [1.29, 1.82) is 0 Å². The average Bonchev–Trinajstić information content (AvgIpc) is 3.39. The Hall–Kier alpha value is -4.08. The molecule has 0 unspecified atom stereocenters. The van der Waals surface area contributed by atoms with Crippen LogP contribution in [0.2, 0.25) is 0 Å². The van der Waals surface area contributed by atoms with Crippen molar-refractivity contribution >= 4 is 11.7 Å². The van der Waals surface area contributed by atoms with Gasteiger partial charge in [0.15, 0.2) is 11.6 Å². The molecular formula is C26H23F3N6O. The number of rotatable bonds is 5. The predicted octanol–water partition coefficient (Wildman–Crippen LogP) is 5.17. The lowest BCUT2D eigenvalue weighted by Gasteiger charge is -2.18. The third-order valence-electron chi connectivity index (χ3n) is 6.13. The molecule has 2 aromatic carbocycles. The maximum Gasteiger partial charge on any atom is 0.453 e. The van der Waals surface area contributed by atoms with Gasteiger partial charge in [0, 0.05) is 29.9 Å². The summed E-state index contributed by atoms with van der Waals surface area (Å²) in [4.78, 5) is 27.4. The summed E-state index contributed by atoms with van der Waals surface area (Å²) in [6.07, 6.45) is -2.68. The highest BCUT2D eigenvalue weighted by Crippen LogP contribution is 2.33. The van der Waals surface area contributed by atoms with Crippen molar-refractivity contribution in [3.63, 3.8) is 0 Å². The van der Waals surface area contributed by atoms with Crippen LogP contribution >= 0.6 is 0 Å². The molecule has 0 N–H and O–H groups in total. The van der Waals surface area contributed by atoms with E-state index in [1.165, 1.54) is 7.05 Å². The Morgan fingerprint density at radius 2 is 1.75 bits per heavy atom. The summed E-state index contributed by atoms with van der Waals surface area (Å²) >= 11 is 0. The second-order valence-corrected chi connectivity index (χ2v) is 9.02. The molecule has 0 spiro atoms. The quantitative estimate of drug-likeness (QED) is 0.384. The van der Waals surface area contributed by atoms with Crippen LogP contribution in [0.5, 0.6) is 0 Å². The number of fused-ring (bicyclic) bond motifs is 1. The van der Waals surface area contributed by atoms with Crippen molar-refractivity contribution in [1.82, 2.24) is 24.7 Å². The normalized spacial score (nSPS) is 13.5. The number of benzene rings is 2. The standard InChI is InChI=1S/C26H23F3N6O/c1-15(2)19-6-4-5-7-20(19)22-30-13-18-12-21(36)35(24(18)31-22)14-16-8-10-17(11-9-16)23-32-25(26(27,28)29)33-34(23)3/h4-11,13,15H,12,14H2,1-3H3. The van der Waals surface area contributed by atoms with Crippen molar-refractivity contribution in [2.45, 2.75) is 38.9 Å². The van der Waals surface area contributed by atoms with Gasteiger partial charge < -0.3 is 0 Å². The van der Waals surface area contributed by atoms with E-state index >= 15 is 0 Å². The summed E-state index contributed by atoms with van der Waals surface area (Å²) in [6.45, 7) is 4.49. The van der Waals surface area contributed by atoms with E-state index in [1.54, 1.807) is 35.4 Å². The van der Waals surface area contributed by atoms with E-state index in [0.29, 0.717) is 17.2 Å². The maximum absolute atomic E-state index is 13.0. The summed E-state index contributed by atoms with van der Waals surface area (Å²) in [6, 6.07) is 14.8. The molecule has 0 bridgehead atoms. The SMILES string of the molecule is CC(C)c1ccccc1-c1ncc2c(n1)N(Cc1ccc(-c3nc(C(F)(F)F)nn3C)cc1)C(=O)C2. The summed E-state index contributed by atoms with van der Waals surface area (Å²) in [5.74, 6) is 0.276. The number of carbonyl (C=O) groups is 1. The lowest BCUT2D eigenvalue weighted by molar-refractivity contribution is -0.144. The highest BCUT2D eigenvalue weighted by atomic mass is 19.4. The maximum atomic E-state index is 13.0. The molecule has 184 valence electrons. The average molecular weight is 493 g/mol. The van der Waals surface area contributed by atoms with Gasteiger partial charge in [0.2, 0.25) is 5.91 Å². The molecule has 4 aromatic rings. The van der Waals surface area contributed by atoms with Crippen molar-refractivity contribution in [3.8, 4) is 22.8 Å². The van der Waals surface area contributed by atoms with E-state index in [-0.39, 0.29) is 30.6 Å². The fraction of sp³-hybridized carbons (Fsp3) is 0.269. The Labute approximate surface area is 205 Å². The van der Waals surface area contributed by atoms with Gasteiger partial charge in [0.25, 0.3) is 5.82 Å². The van der Waals surface area contributed by atoms with E-state index in [4.69, 9.17) is 4.98 Å². The monoisotopic (exact) mass is 492 g/mol. The van der Waals surface area contributed by atoms with Gasteiger partial charge in [0.1, 0.15) is 5.82 Å². The molecule has 0 saturated carbocycles. The molecule has 10 heteroatoms. The molecule has 1 amide bonds. The Morgan fingerprint density at radius 1 is 1.03 bits per heavy atom. The number of amides is 1. The van der Waals surface area contributed by atoms with E-state index in [0.717, 1.165) is 26.9 Å². The molecule has 0 aliphatic carbocycles. The predicted molar refractivity (Wildman–Crippen MR) is 128 cm³/mol. The first-order chi connectivity index (χ1) is 17.1. The van der Waals surface area contributed by atoms with Gasteiger partial charge in [-0.25, -0.2) is 19.6 Å². The largest absolute Gasteiger partial charge is 0.453 e. The van der Waals surface area contributed by atoms with Crippen LogP contribution in [-0.4, -0.2) is 30.6 Å². The Kier molecular flexibility index (Phi) is 5.82. The Balaban J connectivity index is 1.42. The van der Waals surface area contributed by atoms with Gasteiger partial charge in [-0.3, -0.25) is 9.69 Å². The van der Waals surface area contributed by atoms with Crippen LogP contribution in [0.15, 0.2) is 54.7 Å². The molecule has 5 rings (SSSR count). The minimum atomic E-state index is -4.62. The van der Waals surface area contributed by atoms with Crippen LogP contribution in [0.4, 0.5) is 19.0 Å². The molecule has 0 atom stereocenters. The highest BCUT2D eigenvalue weighted by Gasteiger charge is 2.37. The summed E-state index contributed by atoms with van der Waals surface area (Å²) in [7, 11) is 1.42. The lowest BCUT2D eigenvalue weighted by Crippen LogP contribution is -2.26. The summed E-state index contributed by atoms with van der Waals surface area (Å²) < 4.78 is 40.0. The molecule has 1 aliphatic rings. The van der Waals surface area contributed by atoms with Crippen LogP contribution in [0, 0.1) is 0 Å². The number of hydrogen-bond acceptors (Lipinski definition) is 5. The molecule has 2 aromatic heterocycles. The molecule has 0 fully saturated rings. The number of aryl methyl sites for hydroxylation is 1.